The van der Waals surface area contributed by atoms with Crippen molar-refractivity contribution in [2.75, 3.05) is 36.4 Å². The first-order valence-electron chi connectivity index (χ1n) is 9.79. The Morgan fingerprint density at radius 1 is 1.04 bits per heavy atom. The van der Waals surface area contributed by atoms with Crippen molar-refractivity contribution in [2.45, 2.75) is 26.7 Å². The molecule has 0 spiro atoms. The largest absolute Gasteiger partial charge is 0.371 e. The van der Waals surface area contributed by atoms with Gasteiger partial charge in [0, 0.05) is 37.6 Å². The first kappa shape index (κ1) is 20.2. The molecule has 5 nitrogen and oxygen atoms in total. The molecule has 1 saturated heterocycles. The molecule has 6 heteroatoms. The normalized spacial score (nSPS) is 13.5. The molecule has 2 aromatic carbocycles. The summed E-state index contributed by atoms with van der Waals surface area (Å²) >= 11 is 6.13. The number of hydrogen-bond donors (Lipinski definition) is 1. The van der Waals surface area contributed by atoms with E-state index in [9.17, 15) is 9.59 Å². The molecule has 0 aromatic heterocycles. The van der Waals surface area contributed by atoms with Crippen molar-refractivity contribution < 1.29 is 9.59 Å². The quantitative estimate of drug-likeness (QED) is 0.767. The number of nitrogens with one attached hydrogen (secondary N) is 1. The molecular weight excluding hydrogens is 374 g/mol. The zero-order chi connectivity index (χ0) is 20.1. The van der Waals surface area contributed by atoms with Gasteiger partial charge in [0.2, 0.25) is 0 Å². The molecule has 1 heterocycles. The van der Waals surface area contributed by atoms with E-state index in [2.05, 4.69) is 10.2 Å². The van der Waals surface area contributed by atoms with Crippen molar-refractivity contribution in [1.29, 1.82) is 0 Å². The van der Waals surface area contributed by atoms with Crippen LogP contribution in [0.1, 0.15) is 47.4 Å². The minimum atomic E-state index is -0.291. The summed E-state index contributed by atoms with van der Waals surface area (Å²) in [6.07, 6.45) is 2.26. The lowest BCUT2D eigenvalue weighted by molar-refractivity contribution is 0.0773. The number of nitrogens with zero attached hydrogens (tertiary/aromatic N) is 2. The van der Waals surface area contributed by atoms with E-state index in [1.54, 1.807) is 35.2 Å². The maximum absolute atomic E-state index is 13.1. The lowest BCUT2D eigenvalue weighted by Gasteiger charge is -2.25. The second kappa shape index (κ2) is 9.11. The fourth-order valence-corrected chi connectivity index (χ4v) is 3.77. The summed E-state index contributed by atoms with van der Waals surface area (Å²) in [6, 6.07) is 12.5. The van der Waals surface area contributed by atoms with Gasteiger partial charge >= 0.3 is 0 Å². The molecule has 148 valence electrons. The van der Waals surface area contributed by atoms with E-state index < -0.39 is 0 Å². The Hall–Kier alpha value is -2.53. The Morgan fingerprint density at radius 2 is 1.71 bits per heavy atom. The molecule has 0 unspecified atom stereocenters. The van der Waals surface area contributed by atoms with Crippen molar-refractivity contribution in [2.24, 2.45) is 0 Å². The first-order valence-corrected chi connectivity index (χ1v) is 10.2. The summed E-state index contributed by atoms with van der Waals surface area (Å²) in [5.41, 5.74) is 2.56. The van der Waals surface area contributed by atoms with Gasteiger partial charge in [0.15, 0.2) is 0 Å². The van der Waals surface area contributed by atoms with Gasteiger partial charge in [0.25, 0.3) is 11.8 Å². The number of rotatable bonds is 6. The van der Waals surface area contributed by atoms with E-state index in [1.165, 1.54) is 0 Å². The number of anilines is 2. The molecule has 0 bridgehead atoms. The van der Waals surface area contributed by atoms with Crippen LogP contribution in [0.25, 0.3) is 0 Å². The average Bonchev–Trinajstić information content (AvgIpc) is 3.23. The molecule has 0 radical (unpaired) electrons. The van der Waals surface area contributed by atoms with Gasteiger partial charge in [0.05, 0.1) is 16.1 Å². The van der Waals surface area contributed by atoms with Crippen LogP contribution < -0.4 is 10.2 Å². The maximum atomic E-state index is 13.1. The number of carbonyl (C=O) groups is 2. The molecule has 2 amide bonds. The van der Waals surface area contributed by atoms with Crippen molar-refractivity contribution in [1.82, 2.24) is 4.90 Å². The third-order valence-corrected chi connectivity index (χ3v) is 5.43. The van der Waals surface area contributed by atoms with Gasteiger partial charge in [0.1, 0.15) is 0 Å². The van der Waals surface area contributed by atoms with E-state index in [1.807, 2.05) is 26.0 Å². The number of hydrogen-bond acceptors (Lipinski definition) is 3. The van der Waals surface area contributed by atoms with Crippen molar-refractivity contribution in [3.05, 3.63) is 58.6 Å². The molecule has 3 rings (SSSR count). The second-order valence-electron chi connectivity index (χ2n) is 6.84. The molecule has 1 fully saturated rings. The van der Waals surface area contributed by atoms with Gasteiger partial charge in [-0.15, -0.1) is 0 Å². The Labute approximate surface area is 171 Å². The predicted molar refractivity (Wildman–Crippen MR) is 115 cm³/mol. The van der Waals surface area contributed by atoms with E-state index >= 15 is 0 Å². The van der Waals surface area contributed by atoms with Crippen molar-refractivity contribution in [3.63, 3.8) is 0 Å². The molecule has 1 N–H and O–H groups in total. The van der Waals surface area contributed by atoms with Crippen LogP contribution in [0.15, 0.2) is 42.5 Å². The minimum Gasteiger partial charge on any atom is -0.371 e. The summed E-state index contributed by atoms with van der Waals surface area (Å²) in [7, 11) is 0. The Kier molecular flexibility index (Phi) is 6.57. The first-order chi connectivity index (χ1) is 13.5. The highest BCUT2D eigenvalue weighted by Gasteiger charge is 2.23. The average molecular weight is 400 g/mol. The van der Waals surface area contributed by atoms with Gasteiger partial charge in [-0.3, -0.25) is 9.59 Å². The summed E-state index contributed by atoms with van der Waals surface area (Å²) in [4.78, 5) is 29.8. The van der Waals surface area contributed by atoms with Gasteiger partial charge in [-0.25, -0.2) is 0 Å². The number of carbonyl (C=O) groups excluding carboxylic acids is 2. The molecule has 1 aliphatic heterocycles. The van der Waals surface area contributed by atoms with E-state index in [0.717, 1.165) is 31.6 Å². The topological polar surface area (TPSA) is 52.7 Å². The lowest BCUT2D eigenvalue weighted by Crippen LogP contribution is -2.32. The van der Waals surface area contributed by atoms with Gasteiger partial charge < -0.3 is 15.1 Å². The monoisotopic (exact) mass is 399 g/mol. The smallest absolute Gasteiger partial charge is 0.257 e. The number of halogens is 1. The number of benzene rings is 2. The zero-order valence-electron chi connectivity index (χ0n) is 16.4. The highest BCUT2D eigenvalue weighted by Crippen LogP contribution is 2.29. The maximum Gasteiger partial charge on any atom is 0.257 e. The fraction of sp³-hybridized carbons (Fsp3) is 0.364. The number of amides is 2. The van der Waals surface area contributed by atoms with Crippen LogP contribution in [0.4, 0.5) is 11.4 Å². The van der Waals surface area contributed by atoms with Crippen molar-refractivity contribution >= 4 is 34.8 Å². The third-order valence-electron chi connectivity index (χ3n) is 5.10. The Balaban J connectivity index is 1.92. The fourth-order valence-electron chi connectivity index (χ4n) is 3.54. The standard InChI is InChI=1S/C22H26ClN3O2/c1-3-25(4-2)22(28)18-15-16(11-12-20(18)26-13-7-8-14-26)24-21(27)17-9-5-6-10-19(17)23/h5-6,9-12,15H,3-4,7-8,13-14H2,1-2H3,(H,24,27). The van der Waals surface area contributed by atoms with E-state index in [4.69, 9.17) is 11.6 Å². The third kappa shape index (κ3) is 4.30. The molecule has 2 aromatic rings. The summed E-state index contributed by atoms with van der Waals surface area (Å²) < 4.78 is 0. The van der Waals surface area contributed by atoms with Gasteiger partial charge in [-0.05, 0) is 57.0 Å². The summed E-state index contributed by atoms with van der Waals surface area (Å²) in [5.74, 6) is -0.304. The summed E-state index contributed by atoms with van der Waals surface area (Å²) in [6.45, 7) is 7.13. The summed E-state index contributed by atoms with van der Waals surface area (Å²) in [5, 5.41) is 3.27. The second-order valence-corrected chi connectivity index (χ2v) is 7.24. The molecule has 1 aliphatic rings. The molecule has 0 aliphatic carbocycles. The van der Waals surface area contributed by atoms with Crippen LogP contribution in [0, 0.1) is 0 Å². The van der Waals surface area contributed by atoms with Gasteiger partial charge in [-0.1, -0.05) is 23.7 Å². The molecule has 0 saturated carbocycles. The lowest BCUT2D eigenvalue weighted by atomic mass is 10.1. The van der Waals surface area contributed by atoms with E-state index in [0.29, 0.717) is 34.9 Å². The van der Waals surface area contributed by atoms with Gasteiger partial charge in [-0.2, -0.15) is 0 Å². The van der Waals surface area contributed by atoms with Crippen LogP contribution in [0.3, 0.4) is 0 Å². The van der Waals surface area contributed by atoms with Crippen LogP contribution in [-0.4, -0.2) is 42.9 Å². The van der Waals surface area contributed by atoms with Crippen LogP contribution in [0.5, 0.6) is 0 Å². The Morgan fingerprint density at radius 3 is 2.36 bits per heavy atom. The highest BCUT2D eigenvalue weighted by atomic mass is 35.5. The predicted octanol–water partition coefficient (Wildman–Crippen LogP) is 4.67. The molecule has 0 atom stereocenters. The zero-order valence-corrected chi connectivity index (χ0v) is 17.1. The van der Waals surface area contributed by atoms with E-state index in [-0.39, 0.29) is 11.8 Å². The highest BCUT2D eigenvalue weighted by molar-refractivity contribution is 6.34. The van der Waals surface area contributed by atoms with Crippen LogP contribution >= 0.6 is 11.6 Å². The van der Waals surface area contributed by atoms with Crippen LogP contribution in [-0.2, 0) is 0 Å². The minimum absolute atomic E-state index is 0.0132. The SMILES string of the molecule is CCN(CC)C(=O)c1cc(NC(=O)c2ccccc2Cl)ccc1N1CCCC1. The van der Waals surface area contributed by atoms with Crippen LogP contribution in [0.2, 0.25) is 5.02 Å². The molecular formula is C22H26ClN3O2. The Bertz CT molecular complexity index is 859. The molecule has 28 heavy (non-hydrogen) atoms. The van der Waals surface area contributed by atoms with Crippen molar-refractivity contribution in [3.8, 4) is 0 Å².